The van der Waals surface area contributed by atoms with Gasteiger partial charge in [0, 0.05) is 51.2 Å². The van der Waals surface area contributed by atoms with Gasteiger partial charge in [0.15, 0.2) is 5.82 Å². The molecule has 1 amide bonds. The highest BCUT2D eigenvalue weighted by Gasteiger charge is 2.39. The van der Waals surface area contributed by atoms with Gasteiger partial charge < -0.3 is 15.7 Å². The van der Waals surface area contributed by atoms with E-state index in [-0.39, 0.29) is 17.1 Å². The van der Waals surface area contributed by atoms with Crippen molar-refractivity contribution in [2.45, 2.75) is 43.2 Å². The number of carbonyl (C=O) groups excluding carboxylic acids is 1. The Morgan fingerprint density at radius 1 is 1.12 bits per heavy atom. The summed E-state index contributed by atoms with van der Waals surface area (Å²) in [4.78, 5) is 13.4. The van der Waals surface area contributed by atoms with E-state index in [9.17, 15) is 23.6 Å². The van der Waals surface area contributed by atoms with Crippen LogP contribution in [0.2, 0.25) is 0 Å². The first kappa shape index (κ1) is 29.8. The number of aromatic hydroxyl groups is 1. The first-order valence-corrected chi connectivity index (χ1v) is 14.7. The Kier molecular flexibility index (Phi) is 9.12. The molecule has 0 unspecified atom stereocenters. The van der Waals surface area contributed by atoms with Crippen molar-refractivity contribution in [2.24, 2.45) is 0 Å². The van der Waals surface area contributed by atoms with E-state index in [0.29, 0.717) is 30.8 Å². The summed E-state index contributed by atoms with van der Waals surface area (Å²) in [6.07, 6.45) is 5.55. The van der Waals surface area contributed by atoms with Crippen LogP contribution >= 0.6 is 0 Å². The molecule has 0 radical (unpaired) electrons. The van der Waals surface area contributed by atoms with Gasteiger partial charge in [0.1, 0.15) is 5.75 Å². The summed E-state index contributed by atoms with van der Waals surface area (Å²) in [6, 6.07) is 16.0. The number of hydrogen-bond acceptors (Lipinski definition) is 8. The van der Waals surface area contributed by atoms with Gasteiger partial charge in [-0.1, -0.05) is 12.1 Å². The smallest absolute Gasteiger partial charge is 0.242 e. The molecule has 12 heteroatoms. The van der Waals surface area contributed by atoms with Gasteiger partial charge in [-0.2, -0.15) is 10.4 Å². The highest BCUT2D eigenvalue weighted by Crippen LogP contribution is 2.38. The summed E-state index contributed by atoms with van der Waals surface area (Å²) in [5.74, 6) is 0.806. The van der Waals surface area contributed by atoms with E-state index in [1.807, 2.05) is 23.7 Å². The Labute approximate surface area is 240 Å². The van der Waals surface area contributed by atoms with Gasteiger partial charge in [-0.15, -0.1) is 0 Å². The van der Waals surface area contributed by atoms with E-state index in [4.69, 9.17) is 5.10 Å². The highest BCUT2D eigenvalue weighted by molar-refractivity contribution is 7.89. The Balaban J connectivity index is 1.63. The van der Waals surface area contributed by atoms with E-state index in [1.165, 1.54) is 20.3 Å². The predicted octanol–water partition coefficient (Wildman–Crippen LogP) is 3.51. The molecule has 4 rings (SSSR count). The minimum absolute atomic E-state index is 0.186. The Bertz CT molecular complexity index is 1530. The first-order chi connectivity index (χ1) is 19.6. The predicted molar refractivity (Wildman–Crippen MR) is 157 cm³/mol. The van der Waals surface area contributed by atoms with Gasteiger partial charge in [0.05, 0.1) is 28.6 Å². The molecule has 3 aromatic rings. The van der Waals surface area contributed by atoms with Gasteiger partial charge in [-0.3, -0.25) is 14.4 Å². The summed E-state index contributed by atoms with van der Waals surface area (Å²) in [5.41, 5.74) is 2.79. The molecule has 216 valence electrons. The molecule has 2 aromatic carbocycles. The number of sulfonamides is 1. The van der Waals surface area contributed by atoms with Crippen LogP contribution in [0.4, 0.5) is 11.5 Å². The lowest BCUT2D eigenvalue weighted by molar-refractivity contribution is -0.108. The third kappa shape index (κ3) is 6.59. The molecule has 1 fully saturated rings. The van der Waals surface area contributed by atoms with Crippen LogP contribution in [-0.2, 0) is 26.9 Å². The van der Waals surface area contributed by atoms with Crippen LogP contribution in [0.5, 0.6) is 5.75 Å². The number of rotatable bonds is 11. The molecule has 41 heavy (non-hydrogen) atoms. The van der Waals surface area contributed by atoms with Crippen molar-refractivity contribution < 1.29 is 18.3 Å². The number of phenolic OH excluding ortho intramolecular Hbond substituents is 1. The van der Waals surface area contributed by atoms with Gasteiger partial charge >= 0.3 is 0 Å². The van der Waals surface area contributed by atoms with Crippen LogP contribution in [0, 0.1) is 18.3 Å². The number of nitrogens with one attached hydrogen (secondary N) is 2. The van der Waals surface area contributed by atoms with E-state index in [1.54, 1.807) is 42.5 Å². The normalized spacial score (nSPS) is 15.6. The van der Waals surface area contributed by atoms with Crippen molar-refractivity contribution in [1.29, 1.82) is 5.26 Å². The minimum atomic E-state index is -3.55. The maximum Gasteiger partial charge on any atom is 0.242 e. The van der Waals surface area contributed by atoms with E-state index < -0.39 is 15.6 Å². The van der Waals surface area contributed by atoms with Crippen LogP contribution in [0.25, 0.3) is 6.08 Å². The molecular weight excluding hydrogens is 542 g/mol. The fraction of sp³-hybridized carbons (Fsp3) is 0.345. The molecule has 1 saturated heterocycles. The summed E-state index contributed by atoms with van der Waals surface area (Å²) >= 11 is 0. The number of piperidine rings is 1. The summed E-state index contributed by atoms with van der Waals surface area (Å²) in [6.45, 7) is 4.16. The van der Waals surface area contributed by atoms with Gasteiger partial charge in [0.25, 0.3) is 0 Å². The van der Waals surface area contributed by atoms with Crippen molar-refractivity contribution in [2.75, 3.05) is 32.5 Å². The number of phenols is 1. The lowest BCUT2D eigenvalue weighted by atomic mass is 9.84. The molecule has 11 nitrogen and oxygen atoms in total. The van der Waals surface area contributed by atoms with Crippen LogP contribution in [0.1, 0.15) is 36.1 Å². The van der Waals surface area contributed by atoms with Crippen molar-refractivity contribution in [1.82, 2.24) is 24.3 Å². The molecule has 0 bridgehead atoms. The van der Waals surface area contributed by atoms with Crippen molar-refractivity contribution in [3.8, 4) is 11.8 Å². The van der Waals surface area contributed by atoms with E-state index in [0.717, 1.165) is 40.8 Å². The van der Waals surface area contributed by atoms with E-state index >= 15 is 0 Å². The van der Waals surface area contributed by atoms with Gasteiger partial charge in [0.2, 0.25) is 16.4 Å². The Morgan fingerprint density at radius 3 is 2.37 bits per heavy atom. The minimum Gasteiger partial charge on any atom is -0.508 e. The number of hydrogen-bond donors (Lipinski definition) is 3. The van der Waals surface area contributed by atoms with Crippen LogP contribution in [-0.4, -0.2) is 66.1 Å². The number of nitrogens with zero attached hydrogens (tertiary/aromatic N) is 5. The SMILES string of the molecule is Cc1c(Nc2ccc(S(=O)(=O)N(C)C)cc2)nn(C2(CC#N)CCN(Cc3ccc(O)cc3)CC2)c1/C=C\NC=O. The fourth-order valence-electron chi connectivity index (χ4n) is 5.01. The van der Waals surface area contributed by atoms with Crippen molar-refractivity contribution >= 4 is 34.0 Å². The average Bonchev–Trinajstić information content (AvgIpc) is 3.27. The topological polar surface area (TPSA) is 144 Å². The fourth-order valence-corrected chi connectivity index (χ4v) is 5.91. The van der Waals surface area contributed by atoms with Crippen LogP contribution in [0.3, 0.4) is 0 Å². The largest absolute Gasteiger partial charge is 0.508 e. The molecule has 0 spiro atoms. The molecule has 0 atom stereocenters. The molecule has 1 aromatic heterocycles. The third-order valence-corrected chi connectivity index (χ3v) is 9.28. The number of carbonyl (C=O) groups is 1. The Morgan fingerprint density at radius 2 is 1.78 bits per heavy atom. The van der Waals surface area contributed by atoms with Crippen LogP contribution < -0.4 is 10.6 Å². The zero-order chi connectivity index (χ0) is 29.6. The molecule has 1 aliphatic rings. The average molecular weight is 578 g/mol. The molecular formula is C29H35N7O4S. The maximum absolute atomic E-state index is 12.5. The second-order valence-corrected chi connectivity index (χ2v) is 12.5. The number of likely N-dealkylation sites (tertiary alicyclic amines) is 1. The number of anilines is 2. The quantitative estimate of drug-likeness (QED) is 0.294. The lowest BCUT2D eigenvalue weighted by Crippen LogP contribution is -2.46. The number of nitriles is 1. The molecule has 1 aliphatic heterocycles. The second kappa shape index (κ2) is 12.6. The Hall–Kier alpha value is -4.18. The van der Waals surface area contributed by atoms with Crippen LogP contribution in [0.15, 0.2) is 59.6 Å². The van der Waals surface area contributed by atoms with Gasteiger partial charge in [-0.25, -0.2) is 12.7 Å². The molecule has 3 N–H and O–H groups in total. The molecule has 0 aliphatic carbocycles. The highest BCUT2D eigenvalue weighted by atomic mass is 32.2. The zero-order valence-electron chi connectivity index (χ0n) is 23.4. The standard InChI is InChI=1S/C29H35N7O4S/c1-22-27(12-17-31-21-37)36(33-28(22)32-24-6-10-26(11-7-24)41(39,40)34(2)3)29(13-16-30)14-18-35(19-15-29)20-23-4-8-25(38)9-5-23/h4-12,17,21,38H,13-15,18-20H2,1-3H3,(H,31,37)(H,32,33)/b17-12-. The third-order valence-electron chi connectivity index (χ3n) is 7.46. The van der Waals surface area contributed by atoms with Crippen molar-refractivity contribution in [3.05, 3.63) is 71.6 Å². The molecule has 0 saturated carbocycles. The number of amides is 1. The second-order valence-electron chi connectivity index (χ2n) is 10.3. The zero-order valence-corrected chi connectivity index (χ0v) is 24.2. The summed E-state index contributed by atoms with van der Waals surface area (Å²) in [5, 5.41) is 30.2. The number of aromatic nitrogens is 2. The molecule has 2 heterocycles. The summed E-state index contributed by atoms with van der Waals surface area (Å²) < 4.78 is 28.0. The van der Waals surface area contributed by atoms with Gasteiger partial charge in [-0.05, 0) is 67.8 Å². The first-order valence-electron chi connectivity index (χ1n) is 13.2. The van der Waals surface area contributed by atoms with E-state index in [2.05, 4.69) is 21.6 Å². The summed E-state index contributed by atoms with van der Waals surface area (Å²) in [7, 11) is -0.576. The maximum atomic E-state index is 12.5. The van der Waals surface area contributed by atoms with Crippen molar-refractivity contribution in [3.63, 3.8) is 0 Å². The lowest BCUT2D eigenvalue weighted by Gasteiger charge is -2.41. The number of benzene rings is 2. The monoisotopic (exact) mass is 577 g/mol.